The molecule has 4 N–H and O–H groups in total. The number of morpholine rings is 1. The van der Waals surface area contributed by atoms with Gasteiger partial charge >= 0.3 is 6.09 Å². The molecular weight excluding hydrogens is 681 g/mol. The zero-order valence-corrected chi connectivity index (χ0v) is 30.3. The summed E-state index contributed by atoms with van der Waals surface area (Å²) >= 11 is 0. The van der Waals surface area contributed by atoms with Crippen LogP contribution in [0.2, 0.25) is 0 Å². The summed E-state index contributed by atoms with van der Waals surface area (Å²) in [6.07, 6.45) is 3.80. The molecule has 0 bridgehead atoms. The van der Waals surface area contributed by atoms with Crippen molar-refractivity contribution in [1.82, 2.24) is 30.9 Å². The molecule has 2 aromatic heterocycles. The van der Waals surface area contributed by atoms with E-state index in [0.29, 0.717) is 92.6 Å². The Morgan fingerprint density at radius 2 is 1.70 bits per heavy atom. The highest BCUT2D eigenvalue weighted by atomic mass is 19.1. The lowest BCUT2D eigenvalue weighted by Gasteiger charge is -2.32. The molecule has 2 aromatic carbocycles. The molecule has 6 rings (SSSR count). The predicted octanol–water partition coefficient (Wildman–Crippen LogP) is 4.67. The third kappa shape index (κ3) is 9.40. The van der Waals surface area contributed by atoms with E-state index < -0.39 is 35.4 Å². The molecule has 53 heavy (non-hydrogen) atoms. The van der Waals surface area contributed by atoms with Gasteiger partial charge in [-0.25, -0.2) is 19.1 Å². The predicted molar refractivity (Wildman–Crippen MR) is 196 cm³/mol. The highest BCUT2D eigenvalue weighted by Gasteiger charge is 2.35. The SMILES string of the molecule is CC(C)(C)OC(=O)NCC1CCC(C(=O)N(C(=O)[C@@H](N)Cc2ccc(-c3ccnc(N4CCOCC4)c3F)cc2)c2ccc(-c3nn[nH]n3)cc2)CC1. The largest absolute Gasteiger partial charge is 0.444 e. The Morgan fingerprint density at radius 3 is 2.34 bits per heavy atom. The van der Waals surface area contributed by atoms with Crippen molar-refractivity contribution in [2.24, 2.45) is 17.6 Å². The van der Waals surface area contributed by atoms with Crippen LogP contribution in [0.15, 0.2) is 60.8 Å². The molecule has 15 heteroatoms. The molecule has 3 heterocycles. The van der Waals surface area contributed by atoms with Crippen LogP contribution < -0.4 is 20.9 Å². The van der Waals surface area contributed by atoms with E-state index in [1.165, 1.54) is 4.90 Å². The minimum Gasteiger partial charge on any atom is -0.444 e. The van der Waals surface area contributed by atoms with Gasteiger partial charge < -0.3 is 25.4 Å². The van der Waals surface area contributed by atoms with E-state index in [1.807, 2.05) is 37.8 Å². The van der Waals surface area contributed by atoms with Crippen molar-refractivity contribution in [2.45, 2.75) is 64.5 Å². The molecule has 4 aromatic rings. The molecule has 2 aliphatic rings. The molecule has 3 amide bonds. The first kappa shape index (κ1) is 37.5. The highest BCUT2D eigenvalue weighted by molar-refractivity contribution is 6.17. The van der Waals surface area contributed by atoms with Gasteiger partial charge in [-0.2, -0.15) is 5.21 Å². The van der Waals surface area contributed by atoms with Crippen molar-refractivity contribution >= 4 is 29.4 Å². The van der Waals surface area contributed by atoms with E-state index in [0.717, 1.165) is 5.56 Å². The van der Waals surface area contributed by atoms with Crippen LogP contribution in [0.3, 0.4) is 0 Å². The zero-order chi connectivity index (χ0) is 37.5. The Morgan fingerprint density at radius 1 is 1.02 bits per heavy atom. The number of aromatic amines is 1. The van der Waals surface area contributed by atoms with Gasteiger partial charge in [-0.3, -0.25) is 9.59 Å². The van der Waals surface area contributed by atoms with Crippen LogP contribution in [-0.4, -0.2) is 88.0 Å². The number of halogens is 1. The second kappa shape index (κ2) is 16.6. The summed E-state index contributed by atoms with van der Waals surface area (Å²) in [6, 6.07) is 14.6. The summed E-state index contributed by atoms with van der Waals surface area (Å²) < 4.78 is 26.4. The number of nitrogens with zero attached hydrogens (tertiary/aromatic N) is 6. The van der Waals surface area contributed by atoms with Gasteiger partial charge in [0.2, 0.25) is 11.7 Å². The van der Waals surface area contributed by atoms with Crippen LogP contribution in [0, 0.1) is 17.7 Å². The monoisotopic (exact) mass is 727 g/mol. The van der Waals surface area contributed by atoms with E-state index >= 15 is 4.39 Å². The first-order valence-corrected chi connectivity index (χ1v) is 18.0. The molecule has 1 saturated heterocycles. The normalized spacial score (nSPS) is 18.2. The number of carbonyl (C=O) groups excluding carboxylic acids is 3. The second-order valence-electron chi connectivity index (χ2n) is 14.5. The summed E-state index contributed by atoms with van der Waals surface area (Å²) in [5.41, 5.74) is 8.86. The lowest BCUT2D eigenvalue weighted by atomic mass is 9.81. The number of nitrogens with one attached hydrogen (secondary N) is 2. The number of alkyl carbamates (subject to hydrolysis) is 1. The summed E-state index contributed by atoms with van der Waals surface area (Å²) in [6.45, 7) is 8.04. The highest BCUT2D eigenvalue weighted by Crippen LogP contribution is 2.33. The number of anilines is 2. The van der Waals surface area contributed by atoms with E-state index in [1.54, 1.807) is 48.7 Å². The molecule has 1 aliphatic heterocycles. The molecule has 1 saturated carbocycles. The number of hydrogen-bond donors (Lipinski definition) is 3. The number of H-pyrrole nitrogens is 1. The molecule has 14 nitrogen and oxygen atoms in total. The van der Waals surface area contributed by atoms with E-state index in [-0.39, 0.29) is 18.2 Å². The van der Waals surface area contributed by atoms with E-state index in [9.17, 15) is 14.4 Å². The summed E-state index contributed by atoms with van der Waals surface area (Å²) in [5.74, 6) is -0.806. The zero-order valence-electron chi connectivity index (χ0n) is 30.3. The van der Waals surface area contributed by atoms with Gasteiger partial charge in [-0.05, 0) is 105 Å². The fourth-order valence-electron chi connectivity index (χ4n) is 6.72. The average Bonchev–Trinajstić information content (AvgIpc) is 3.70. The van der Waals surface area contributed by atoms with Gasteiger partial charge in [0.25, 0.3) is 5.91 Å². The summed E-state index contributed by atoms with van der Waals surface area (Å²) in [5, 5.41) is 16.9. The van der Waals surface area contributed by atoms with E-state index in [2.05, 4.69) is 30.9 Å². The third-order valence-electron chi connectivity index (χ3n) is 9.52. The Labute approximate surface area is 307 Å². The number of amides is 3. The van der Waals surface area contributed by atoms with Crippen LogP contribution in [0.4, 0.5) is 20.7 Å². The first-order chi connectivity index (χ1) is 25.5. The second-order valence-corrected chi connectivity index (χ2v) is 14.5. The number of nitrogens with two attached hydrogens (primary N) is 1. The number of pyridine rings is 1. The van der Waals surface area contributed by atoms with E-state index in [4.69, 9.17) is 15.2 Å². The smallest absolute Gasteiger partial charge is 0.407 e. The number of ether oxygens (including phenoxy) is 2. The molecule has 1 aliphatic carbocycles. The molecule has 280 valence electrons. The van der Waals surface area contributed by atoms with Gasteiger partial charge in [0.15, 0.2) is 11.6 Å². The van der Waals surface area contributed by atoms with Gasteiger partial charge in [-0.15, -0.1) is 10.2 Å². The molecule has 0 radical (unpaired) electrons. The number of benzene rings is 2. The molecule has 1 atom stereocenters. The molecule has 0 unspecified atom stereocenters. The number of aromatic nitrogens is 5. The number of carbonyl (C=O) groups is 3. The van der Waals surface area contributed by atoms with Crippen molar-refractivity contribution in [1.29, 1.82) is 0 Å². The fraction of sp³-hybridized carbons (Fsp3) is 0.447. The maximum atomic E-state index is 15.6. The van der Waals surface area contributed by atoms with Crippen molar-refractivity contribution in [3.63, 3.8) is 0 Å². The van der Waals surface area contributed by atoms with Gasteiger partial charge in [0, 0.05) is 42.9 Å². The summed E-state index contributed by atoms with van der Waals surface area (Å²) in [7, 11) is 0. The number of tetrazole rings is 1. The molecule has 0 spiro atoms. The number of imide groups is 1. The maximum absolute atomic E-state index is 15.6. The van der Waals surface area contributed by atoms with Crippen molar-refractivity contribution in [3.05, 3.63) is 72.2 Å². The molecule has 2 fully saturated rings. The topological polar surface area (TPSA) is 182 Å². The van der Waals surface area contributed by atoms with Gasteiger partial charge in [-0.1, -0.05) is 24.3 Å². The average molecular weight is 728 g/mol. The Bertz CT molecular complexity index is 1850. The standard InChI is InChI=1S/C38H46FN9O5/c1-38(2,3)53-37(51)42-23-25-6-10-28(11-7-25)35(49)48(29-14-12-27(13-15-29)33-43-45-46-44-33)36(50)31(40)22-24-4-8-26(9-5-24)30-16-17-41-34(32(30)39)47-18-20-52-21-19-47/h4-5,8-9,12-17,25,28,31H,6-7,10-11,18-23,40H2,1-3H3,(H,42,51)(H,43,44,45,46)/t25?,28?,31-/m0/s1. The van der Waals surface area contributed by atoms with Gasteiger partial charge in [0.05, 0.1) is 24.9 Å². The maximum Gasteiger partial charge on any atom is 0.407 e. The van der Waals surface area contributed by atoms with Crippen LogP contribution in [0.25, 0.3) is 22.5 Å². The quantitative estimate of drug-likeness (QED) is 0.207. The fourth-order valence-corrected chi connectivity index (χ4v) is 6.72. The molecular formula is C38H46FN9O5. The number of rotatable bonds is 10. The minimum atomic E-state index is -1.04. The van der Waals surface area contributed by atoms with Crippen molar-refractivity contribution in [2.75, 3.05) is 42.6 Å². The third-order valence-corrected chi connectivity index (χ3v) is 9.52. The van der Waals surface area contributed by atoms with Crippen LogP contribution in [0.5, 0.6) is 0 Å². The van der Waals surface area contributed by atoms with Crippen molar-refractivity contribution < 1.29 is 28.2 Å². The Balaban J connectivity index is 1.14. The lowest BCUT2D eigenvalue weighted by molar-refractivity contribution is -0.130. The summed E-state index contributed by atoms with van der Waals surface area (Å²) in [4.78, 5) is 47.8. The van der Waals surface area contributed by atoms with Crippen LogP contribution >= 0.6 is 0 Å². The minimum absolute atomic E-state index is 0.158. The lowest BCUT2D eigenvalue weighted by Crippen LogP contribution is -2.50. The van der Waals surface area contributed by atoms with Crippen molar-refractivity contribution in [3.8, 4) is 22.5 Å². The number of hydrogen-bond acceptors (Lipinski definition) is 11. The van der Waals surface area contributed by atoms with Gasteiger partial charge in [0.1, 0.15) is 5.60 Å². The van der Waals surface area contributed by atoms with Crippen LogP contribution in [-0.2, 0) is 25.5 Å². The Kier molecular flexibility index (Phi) is 11.7. The first-order valence-electron chi connectivity index (χ1n) is 18.0. The Hall–Kier alpha value is -5.28. The van der Waals surface area contributed by atoms with Crippen LogP contribution in [0.1, 0.15) is 52.0 Å².